The lowest BCUT2D eigenvalue weighted by molar-refractivity contribution is -0.0838. The molecule has 0 spiro atoms. The van der Waals surface area contributed by atoms with Gasteiger partial charge in [0.15, 0.2) is 0 Å². The van der Waals surface area contributed by atoms with Crippen molar-refractivity contribution in [3.63, 3.8) is 0 Å². The van der Waals surface area contributed by atoms with Crippen LogP contribution in [-0.2, 0) is 11.3 Å². The van der Waals surface area contributed by atoms with Gasteiger partial charge in [0.1, 0.15) is 0 Å². The van der Waals surface area contributed by atoms with Crippen molar-refractivity contribution in [2.24, 2.45) is 0 Å². The van der Waals surface area contributed by atoms with E-state index < -0.39 is 0 Å². The van der Waals surface area contributed by atoms with Crippen LogP contribution in [0.25, 0.3) is 5.69 Å². The lowest BCUT2D eigenvalue weighted by Crippen LogP contribution is -2.48. The standard InChI is InChI=1S/C25H32N4O/c1-19-23(20(2)29(26-19)22-13-9-6-10-14-22)17-28-15-16-30-24(18-27(3)4)25(28)21-11-7-5-8-12-21/h5-14,24-25H,15-18H2,1-4H3/t24-,25-/m0/s1. The van der Waals surface area contributed by atoms with E-state index >= 15 is 0 Å². The van der Waals surface area contributed by atoms with Gasteiger partial charge < -0.3 is 9.64 Å². The third kappa shape index (κ3) is 4.33. The summed E-state index contributed by atoms with van der Waals surface area (Å²) >= 11 is 0. The number of para-hydroxylation sites is 1. The molecule has 2 atom stereocenters. The molecule has 1 fully saturated rings. The molecule has 158 valence electrons. The van der Waals surface area contributed by atoms with Gasteiger partial charge in [-0.3, -0.25) is 4.90 Å². The van der Waals surface area contributed by atoms with Crippen LogP contribution in [0.2, 0.25) is 0 Å². The minimum absolute atomic E-state index is 0.140. The van der Waals surface area contributed by atoms with Crippen molar-refractivity contribution in [1.29, 1.82) is 0 Å². The number of hydrogen-bond donors (Lipinski definition) is 0. The van der Waals surface area contributed by atoms with Gasteiger partial charge in [-0.1, -0.05) is 48.5 Å². The number of morpholine rings is 1. The number of likely N-dealkylation sites (N-methyl/N-ethyl adjacent to an activating group) is 1. The van der Waals surface area contributed by atoms with Crippen molar-refractivity contribution in [2.45, 2.75) is 32.5 Å². The van der Waals surface area contributed by atoms with Crippen molar-refractivity contribution in [3.8, 4) is 5.69 Å². The van der Waals surface area contributed by atoms with Crippen LogP contribution in [0, 0.1) is 13.8 Å². The summed E-state index contributed by atoms with van der Waals surface area (Å²) in [6.45, 7) is 7.74. The minimum atomic E-state index is 0.140. The van der Waals surface area contributed by atoms with Gasteiger partial charge in [-0.25, -0.2) is 4.68 Å². The first-order valence-electron chi connectivity index (χ1n) is 10.7. The number of benzene rings is 2. The normalized spacial score (nSPS) is 20.0. The summed E-state index contributed by atoms with van der Waals surface area (Å²) in [4.78, 5) is 4.79. The fourth-order valence-corrected chi connectivity index (χ4v) is 4.48. The van der Waals surface area contributed by atoms with E-state index in [9.17, 15) is 0 Å². The Kier molecular flexibility index (Phi) is 6.32. The number of nitrogens with zero attached hydrogens (tertiary/aromatic N) is 4. The zero-order chi connectivity index (χ0) is 21.1. The molecule has 1 saturated heterocycles. The van der Waals surface area contributed by atoms with Gasteiger partial charge >= 0.3 is 0 Å². The molecule has 1 aromatic heterocycles. The lowest BCUT2D eigenvalue weighted by Gasteiger charge is -2.42. The largest absolute Gasteiger partial charge is 0.374 e. The Hall–Kier alpha value is -2.47. The van der Waals surface area contributed by atoms with Gasteiger partial charge in [0.05, 0.1) is 30.1 Å². The third-order valence-electron chi connectivity index (χ3n) is 5.95. The number of ether oxygens (including phenoxy) is 1. The number of hydrogen-bond acceptors (Lipinski definition) is 4. The Balaban J connectivity index is 1.66. The fourth-order valence-electron chi connectivity index (χ4n) is 4.48. The monoisotopic (exact) mass is 404 g/mol. The molecule has 30 heavy (non-hydrogen) atoms. The van der Waals surface area contributed by atoms with Crippen molar-refractivity contribution in [1.82, 2.24) is 19.6 Å². The Morgan fingerprint density at radius 3 is 2.33 bits per heavy atom. The predicted octanol–water partition coefficient (Wildman–Crippen LogP) is 3.99. The zero-order valence-corrected chi connectivity index (χ0v) is 18.5. The Bertz CT molecular complexity index is 952. The molecule has 0 radical (unpaired) electrons. The van der Waals surface area contributed by atoms with Crippen LogP contribution in [0.5, 0.6) is 0 Å². The average molecular weight is 405 g/mol. The van der Waals surface area contributed by atoms with Gasteiger partial charge in [0.2, 0.25) is 0 Å². The van der Waals surface area contributed by atoms with E-state index in [2.05, 4.69) is 97.0 Å². The third-order valence-corrected chi connectivity index (χ3v) is 5.95. The molecule has 4 rings (SSSR count). The molecule has 0 bridgehead atoms. The maximum atomic E-state index is 6.25. The highest BCUT2D eigenvalue weighted by Gasteiger charge is 2.34. The van der Waals surface area contributed by atoms with Crippen LogP contribution < -0.4 is 0 Å². The smallest absolute Gasteiger partial charge is 0.0898 e. The highest BCUT2D eigenvalue weighted by molar-refractivity contribution is 5.37. The molecule has 0 saturated carbocycles. The van der Waals surface area contributed by atoms with E-state index in [-0.39, 0.29) is 12.1 Å². The van der Waals surface area contributed by atoms with E-state index in [0.29, 0.717) is 0 Å². The van der Waals surface area contributed by atoms with E-state index in [1.165, 1.54) is 16.8 Å². The second kappa shape index (κ2) is 9.13. The Morgan fingerprint density at radius 1 is 1.00 bits per heavy atom. The Labute approximate surface area is 179 Å². The molecular weight excluding hydrogens is 372 g/mol. The van der Waals surface area contributed by atoms with Crippen molar-refractivity contribution in [3.05, 3.63) is 83.2 Å². The van der Waals surface area contributed by atoms with Crippen molar-refractivity contribution >= 4 is 0 Å². The zero-order valence-electron chi connectivity index (χ0n) is 18.5. The lowest BCUT2D eigenvalue weighted by atomic mass is 9.96. The fraction of sp³-hybridized carbons (Fsp3) is 0.400. The van der Waals surface area contributed by atoms with Crippen LogP contribution in [0.3, 0.4) is 0 Å². The second-order valence-electron chi connectivity index (χ2n) is 8.39. The van der Waals surface area contributed by atoms with Gasteiger partial charge in [0, 0.05) is 30.9 Å². The molecule has 1 aliphatic heterocycles. The topological polar surface area (TPSA) is 33.5 Å². The number of aromatic nitrogens is 2. The summed E-state index contributed by atoms with van der Waals surface area (Å²) in [6.07, 6.45) is 0.140. The average Bonchev–Trinajstić information content (AvgIpc) is 3.03. The number of rotatable bonds is 6. The maximum absolute atomic E-state index is 6.25. The first-order chi connectivity index (χ1) is 14.5. The van der Waals surface area contributed by atoms with E-state index in [1.54, 1.807) is 0 Å². The van der Waals surface area contributed by atoms with Crippen molar-refractivity contribution in [2.75, 3.05) is 33.8 Å². The van der Waals surface area contributed by atoms with E-state index in [0.717, 1.165) is 37.6 Å². The van der Waals surface area contributed by atoms with E-state index in [1.807, 2.05) is 6.07 Å². The maximum Gasteiger partial charge on any atom is 0.0898 e. The van der Waals surface area contributed by atoms with Crippen LogP contribution in [-0.4, -0.2) is 59.5 Å². The highest BCUT2D eigenvalue weighted by Crippen LogP contribution is 2.32. The molecule has 0 aliphatic carbocycles. The summed E-state index contributed by atoms with van der Waals surface area (Å²) in [5, 5.41) is 4.86. The van der Waals surface area contributed by atoms with Crippen LogP contribution in [0.15, 0.2) is 60.7 Å². The molecule has 5 nitrogen and oxygen atoms in total. The summed E-state index contributed by atoms with van der Waals surface area (Å²) in [5.41, 5.74) is 6.04. The molecule has 1 aliphatic rings. The van der Waals surface area contributed by atoms with Crippen LogP contribution in [0.4, 0.5) is 0 Å². The molecule has 0 amide bonds. The van der Waals surface area contributed by atoms with Gasteiger partial charge in [-0.2, -0.15) is 5.10 Å². The van der Waals surface area contributed by atoms with E-state index in [4.69, 9.17) is 9.84 Å². The van der Waals surface area contributed by atoms with Crippen molar-refractivity contribution < 1.29 is 4.74 Å². The molecular formula is C25H32N4O. The van der Waals surface area contributed by atoms with Gasteiger partial charge in [-0.15, -0.1) is 0 Å². The number of aryl methyl sites for hydroxylation is 1. The molecule has 2 aromatic carbocycles. The summed E-state index contributed by atoms with van der Waals surface area (Å²) < 4.78 is 8.32. The summed E-state index contributed by atoms with van der Waals surface area (Å²) in [7, 11) is 4.23. The quantitative estimate of drug-likeness (QED) is 0.622. The van der Waals surface area contributed by atoms with Gasteiger partial charge in [-0.05, 0) is 45.6 Å². The van der Waals surface area contributed by atoms with Crippen LogP contribution in [0.1, 0.15) is 28.6 Å². The molecule has 2 heterocycles. The highest BCUT2D eigenvalue weighted by atomic mass is 16.5. The molecule has 0 N–H and O–H groups in total. The SMILES string of the molecule is Cc1nn(-c2ccccc2)c(C)c1CN1CCO[C@@H](CN(C)C)[C@@H]1c1ccccc1. The predicted molar refractivity (Wildman–Crippen MR) is 121 cm³/mol. The summed E-state index contributed by atoms with van der Waals surface area (Å²) in [5.74, 6) is 0. The minimum Gasteiger partial charge on any atom is -0.374 e. The molecule has 3 aromatic rings. The first-order valence-corrected chi connectivity index (χ1v) is 10.7. The van der Waals surface area contributed by atoms with Crippen LogP contribution >= 0.6 is 0 Å². The van der Waals surface area contributed by atoms with Gasteiger partial charge in [0.25, 0.3) is 0 Å². The molecule has 0 unspecified atom stereocenters. The second-order valence-corrected chi connectivity index (χ2v) is 8.39. The first kappa shape index (κ1) is 20.8. The Morgan fingerprint density at radius 2 is 1.67 bits per heavy atom. The molecule has 5 heteroatoms. The summed E-state index contributed by atoms with van der Waals surface area (Å²) in [6, 6.07) is 21.4.